The van der Waals surface area contributed by atoms with Crippen molar-refractivity contribution in [3.05, 3.63) is 34.3 Å². The second-order valence-electron chi connectivity index (χ2n) is 5.96. The minimum absolute atomic E-state index is 0.0270. The standard InChI is InChI=1S/C15H18BrNO3S/c1-10-9-17(6-7-21(10,19)20)15(18)14-8-13(14)11-2-4-12(16)5-3-11/h2-5,10,13-14H,6-9H2,1H3. The maximum absolute atomic E-state index is 12.5. The molecule has 0 spiro atoms. The average molecular weight is 372 g/mol. The van der Waals surface area contributed by atoms with Crippen LogP contribution in [0.15, 0.2) is 28.7 Å². The first-order chi connectivity index (χ1) is 9.88. The van der Waals surface area contributed by atoms with Crippen molar-refractivity contribution in [2.75, 3.05) is 18.8 Å². The number of amides is 1. The van der Waals surface area contributed by atoms with Crippen LogP contribution in [-0.2, 0) is 14.6 Å². The van der Waals surface area contributed by atoms with Crippen LogP contribution >= 0.6 is 15.9 Å². The van der Waals surface area contributed by atoms with Crippen LogP contribution in [0.25, 0.3) is 0 Å². The second kappa shape index (κ2) is 5.39. The topological polar surface area (TPSA) is 54.5 Å². The molecule has 1 saturated heterocycles. The Morgan fingerprint density at radius 2 is 1.95 bits per heavy atom. The molecule has 1 aromatic rings. The Kier molecular flexibility index (Phi) is 3.86. The van der Waals surface area contributed by atoms with E-state index >= 15 is 0 Å². The Balaban J connectivity index is 1.64. The summed E-state index contributed by atoms with van der Waals surface area (Å²) in [6.07, 6.45) is 0.873. The molecule has 1 amide bonds. The predicted molar refractivity (Wildman–Crippen MR) is 84.8 cm³/mol. The number of hydrogen-bond donors (Lipinski definition) is 0. The number of carbonyl (C=O) groups is 1. The normalized spacial score (nSPS) is 31.0. The third kappa shape index (κ3) is 3.01. The van der Waals surface area contributed by atoms with Crippen molar-refractivity contribution in [1.29, 1.82) is 0 Å². The molecule has 3 atom stereocenters. The molecule has 3 unspecified atom stereocenters. The minimum atomic E-state index is -3.00. The van der Waals surface area contributed by atoms with Crippen LogP contribution in [0.4, 0.5) is 0 Å². The number of carbonyl (C=O) groups excluding carboxylic acids is 1. The fourth-order valence-corrected chi connectivity index (χ4v) is 4.48. The van der Waals surface area contributed by atoms with Crippen LogP contribution in [0.5, 0.6) is 0 Å². The van der Waals surface area contributed by atoms with Crippen molar-refractivity contribution in [3.8, 4) is 0 Å². The summed E-state index contributed by atoms with van der Waals surface area (Å²) in [4.78, 5) is 14.2. The number of hydrogen-bond acceptors (Lipinski definition) is 3. The maximum atomic E-state index is 12.5. The van der Waals surface area contributed by atoms with Crippen LogP contribution in [0.2, 0.25) is 0 Å². The Labute approximate surface area is 133 Å². The highest BCUT2D eigenvalue weighted by Gasteiger charge is 2.47. The average Bonchev–Trinajstić information content (AvgIpc) is 3.22. The van der Waals surface area contributed by atoms with E-state index in [-0.39, 0.29) is 17.6 Å². The van der Waals surface area contributed by atoms with Crippen molar-refractivity contribution in [2.24, 2.45) is 5.92 Å². The molecule has 1 aliphatic carbocycles. The van der Waals surface area contributed by atoms with Gasteiger partial charge in [0.2, 0.25) is 5.91 Å². The van der Waals surface area contributed by atoms with Gasteiger partial charge in [-0.25, -0.2) is 8.42 Å². The molecule has 3 rings (SSSR count). The number of halogens is 1. The molecule has 6 heteroatoms. The van der Waals surface area contributed by atoms with E-state index in [4.69, 9.17) is 0 Å². The quantitative estimate of drug-likeness (QED) is 0.800. The SMILES string of the molecule is CC1CN(C(=O)C2CC2c2ccc(Br)cc2)CCS1(=O)=O. The van der Waals surface area contributed by atoms with Gasteiger partial charge in [-0.15, -0.1) is 0 Å². The van der Waals surface area contributed by atoms with Crippen LogP contribution in [0.3, 0.4) is 0 Å². The van der Waals surface area contributed by atoms with Crippen molar-refractivity contribution in [2.45, 2.75) is 24.5 Å². The predicted octanol–water partition coefficient (Wildman–Crippen LogP) is 2.20. The Hall–Kier alpha value is -0.880. The van der Waals surface area contributed by atoms with Gasteiger partial charge >= 0.3 is 0 Å². The van der Waals surface area contributed by atoms with E-state index in [0.29, 0.717) is 19.0 Å². The first-order valence-electron chi connectivity index (χ1n) is 7.14. The monoisotopic (exact) mass is 371 g/mol. The van der Waals surface area contributed by atoms with Crippen LogP contribution in [0, 0.1) is 5.92 Å². The zero-order valence-corrected chi connectivity index (χ0v) is 14.2. The third-order valence-electron chi connectivity index (χ3n) is 4.45. The molecule has 1 aromatic carbocycles. The largest absolute Gasteiger partial charge is 0.340 e. The summed E-state index contributed by atoms with van der Waals surface area (Å²) < 4.78 is 24.5. The molecular formula is C15H18BrNO3S. The fraction of sp³-hybridized carbons (Fsp3) is 0.533. The van der Waals surface area contributed by atoms with Gasteiger partial charge in [0.1, 0.15) is 0 Å². The van der Waals surface area contributed by atoms with Gasteiger partial charge in [0.15, 0.2) is 9.84 Å². The molecule has 2 aliphatic rings. The van der Waals surface area contributed by atoms with Gasteiger partial charge in [0.25, 0.3) is 0 Å². The maximum Gasteiger partial charge on any atom is 0.226 e. The van der Waals surface area contributed by atoms with E-state index in [2.05, 4.69) is 15.9 Å². The van der Waals surface area contributed by atoms with Crippen molar-refractivity contribution in [3.63, 3.8) is 0 Å². The molecular weight excluding hydrogens is 354 g/mol. The first kappa shape index (κ1) is 15.0. The summed E-state index contributed by atoms with van der Waals surface area (Å²) in [5.41, 5.74) is 1.19. The van der Waals surface area contributed by atoms with Crippen LogP contribution < -0.4 is 0 Å². The smallest absolute Gasteiger partial charge is 0.226 e. The van der Waals surface area contributed by atoms with Crippen LogP contribution in [0.1, 0.15) is 24.8 Å². The highest BCUT2D eigenvalue weighted by molar-refractivity contribution is 9.10. The Morgan fingerprint density at radius 3 is 2.57 bits per heavy atom. The lowest BCUT2D eigenvalue weighted by Gasteiger charge is -2.31. The molecule has 1 saturated carbocycles. The van der Waals surface area contributed by atoms with Gasteiger partial charge in [0.05, 0.1) is 11.0 Å². The van der Waals surface area contributed by atoms with Gasteiger partial charge in [0, 0.05) is 23.5 Å². The number of rotatable bonds is 2. The molecule has 114 valence electrons. The molecule has 2 fully saturated rings. The van der Waals surface area contributed by atoms with E-state index in [1.54, 1.807) is 11.8 Å². The molecule has 1 aliphatic heterocycles. The van der Waals surface area contributed by atoms with E-state index in [0.717, 1.165) is 10.9 Å². The highest BCUT2D eigenvalue weighted by atomic mass is 79.9. The summed E-state index contributed by atoms with van der Waals surface area (Å²) in [6.45, 7) is 2.37. The summed E-state index contributed by atoms with van der Waals surface area (Å²) >= 11 is 3.41. The van der Waals surface area contributed by atoms with E-state index in [1.807, 2.05) is 24.3 Å². The minimum Gasteiger partial charge on any atom is -0.340 e. The van der Waals surface area contributed by atoms with E-state index < -0.39 is 15.1 Å². The Morgan fingerprint density at radius 1 is 1.29 bits per heavy atom. The van der Waals surface area contributed by atoms with Crippen molar-refractivity contribution >= 4 is 31.7 Å². The van der Waals surface area contributed by atoms with Gasteiger partial charge in [-0.2, -0.15) is 0 Å². The first-order valence-corrected chi connectivity index (χ1v) is 9.65. The lowest BCUT2D eigenvalue weighted by atomic mass is 10.1. The molecule has 21 heavy (non-hydrogen) atoms. The zero-order valence-electron chi connectivity index (χ0n) is 11.8. The van der Waals surface area contributed by atoms with Gasteiger partial charge in [-0.05, 0) is 37.0 Å². The van der Waals surface area contributed by atoms with Crippen LogP contribution in [-0.4, -0.2) is 43.3 Å². The highest BCUT2D eigenvalue weighted by Crippen LogP contribution is 2.48. The molecule has 0 radical (unpaired) electrons. The van der Waals surface area contributed by atoms with E-state index in [9.17, 15) is 13.2 Å². The van der Waals surface area contributed by atoms with Gasteiger partial charge < -0.3 is 4.90 Å². The number of benzene rings is 1. The lowest BCUT2D eigenvalue weighted by Crippen LogP contribution is -2.48. The van der Waals surface area contributed by atoms with Gasteiger partial charge in [-0.1, -0.05) is 28.1 Å². The summed E-state index contributed by atoms with van der Waals surface area (Å²) in [5, 5.41) is -0.444. The van der Waals surface area contributed by atoms with Crippen molar-refractivity contribution in [1.82, 2.24) is 4.90 Å². The number of nitrogens with zero attached hydrogens (tertiary/aromatic N) is 1. The molecule has 0 bridgehead atoms. The fourth-order valence-electron chi connectivity index (χ4n) is 2.93. The Bertz CT molecular complexity index is 656. The molecule has 0 aromatic heterocycles. The summed E-state index contributed by atoms with van der Waals surface area (Å²) in [6, 6.07) is 8.08. The lowest BCUT2D eigenvalue weighted by molar-refractivity contribution is -0.132. The summed E-state index contributed by atoms with van der Waals surface area (Å²) in [7, 11) is -3.00. The van der Waals surface area contributed by atoms with Gasteiger partial charge in [-0.3, -0.25) is 4.79 Å². The second-order valence-corrected chi connectivity index (χ2v) is 9.42. The zero-order chi connectivity index (χ0) is 15.2. The molecule has 1 heterocycles. The number of sulfone groups is 1. The molecule has 4 nitrogen and oxygen atoms in total. The third-order valence-corrected chi connectivity index (χ3v) is 7.11. The summed E-state index contributed by atoms with van der Waals surface area (Å²) in [5.74, 6) is 0.526. The van der Waals surface area contributed by atoms with Crippen molar-refractivity contribution < 1.29 is 13.2 Å². The molecule has 0 N–H and O–H groups in total. The van der Waals surface area contributed by atoms with E-state index in [1.165, 1.54) is 5.56 Å².